The van der Waals surface area contributed by atoms with E-state index in [0.29, 0.717) is 19.4 Å². The van der Waals surface area contributed by atoms with Gasteiger partial charge in [-0.1, -0.05) is 162 Å². The minimum Gasteiger partial charge on any atom is -0.466 e. The minimum absolute atomic E-state index is 0.0217. The lowest BCUT2D eigenvalue weighted by atomic mass is 10.0. The van der Waals surface area contributed by atoms with Crippen molar-refractivity contribution in [3.05, 3.63) is 0 Å². The fourth-order valence-corrected chi connectivity index (χ4v) is 7.60. The van der Waals surface area contributed by atoms with Crippen molar-refractivity contribution in [1.82, 2.24) is 15.1 Å². The van der Waals surface area contributed by atoms with Crippen LogP contribution in [-0.4, -0.2) is 87.8 Å². The van der Waals surface area contributed by atoms with Crippen LogP contribution < -0.4 is 5.32 Å². The number of nitrogens with zero attached hydrogens (tertiary/aromatic N) is 3. The van der Waals surface area contributed by atoms with Crippen molar-refractivity contribution in [3.8, 4) is 0 Å². The number of hydrogen-bond acceptors (Lipinski definition) is 7. The van der Waals surface area contributed by atoms with E-state index >= 15 is 0 Å². The highest BCUT2D eigenvalue weighted by molar-refractivity contribution is 5.78. The molecule has 58 heavy (non-hydrogen) atoms. The molecule has 0 saturated carbocycles. The number of carbonyl (C=O) groups is 2. The van der Waals surface area contributed by atoms with Crippen LogP contribution in [0, 0.1) is 0 Å². The molecule has 0 rings (SSSR count). The summed E-state index contributed by atoms with van der Waals surface area (Å²) in [4.78, 5) is 34.5. The van der Waals surface area contributed by atoms with Crippen molar-refractivity contribution in [3.63, 3.8) is 0 Å². The Labute approximate surface area is 360 Å². The van der Waals surface area contributed by atoms with Gasteiger partial charge in [-0.05, 0) is 89.0 Å². The van der Waals surface area contributed by atoms with Crippen LogP contribution in [0.25, 0.3) is 0 Å². The maximum absolute atomic E-state index is 12.9. The molecule has 0 heterocycles. The van der Waals surface area contributed by atoms with Crippen molar-refractivity contribution in [2.45, 2.75) is 245 Å². The summed E-state index contributed by atoms with van der Waals surface area (Å²) in [7, 11) is 5.50. The van der Waals surface area contributed by atoms with Gasteiger partial charge in [-0.2, -0.15) is 0 Å². The largest absolute Gasteiger partial charge is 0.466 e. The second kappa shape index (κ2) is 44.5. The van der Waals surface area contributed by atoms with Crippen molar-refractivity contribution < 1.29 is 23.9 Å². The van der Waals surface area contributed by atoms with Crippen LogP contribution in [0.3, 0.4) is 0 Å². The van der Waals surface area contributed by atoms with Gasteiger partial charge in [-0.3, -0.25) is 9.59 Å². The Hall–Kier alpha value is -2.03. The van der Waals surface area contributed by atoms with Gasteiger partial charge in [-0.25, -0.2) is 0 Å². The third-order valence-electron chi connectivity index (χ3n) is 11.3. The summed E-state index contributed by atoms with van der Waals surface area (Å²) in [5.74, 6) is 0.740. The van der Waals surface area contributed by atoms with Crippen molar-refractivity contribution in [2.75, 3.05) is 54.0 Å². The van der Waals surface area contributed by atoms with Crippen LogP contribution in [0.5, 0.6) is 0 Å². The fraction of sp³-hybridized carbons (Fsp3) is 0.939. The fourth-order valence-electron chi connectivity index (χ4n) is 7.60. The Morgan fingerprint density at radius 3 is 1.41 bits per heavy atom. The number of esters is 2. The van der Waals surface area contributed by atoms with Crippen LogP contribution in [0.1, 0.15) is 239 Å². The van der Waals surface area contributed by atoms with E-state index in [1.165, 1.54) is 154 Å². The van der Waals surface area contributed by atoms with Gasteiger partial charge in [0.25, 0.3) is 0 Å². The van der Waals surface area contributed by atoms with E-state index in [1.54, 1.807) is 7.11 Å². The van der Waals surface area contributed by atoms with Gasteiger partial charge in [0.15, 0.2) is 0 Å². The number of hydrogen-bond donors (Lipinski definition) is 1. The summed E-state index contributed by atoms with van der Waals surface area (Å²) in [6, 6.07) is 0. The van der Waals surface area contributed by atoms with Gasteiger partial charge >= 0.3 is 11.9 Å². The van der Waals surface area contributed by atoms with E-state index in [-0.39, 0.29) is 18.0 Å². The average Bonchev–Trinajstić information content (AvgIpc) is 3.21. The van der Waals surface area contributed by atoms with E-state index in [9.17, 15) is 9.59 Å². The first-order valence-corrected chi connectivity index (χ1v) is 25.0. The molecule has 0 unspecified atom stereocenters. The highest BCUT2D eigenvalue weighted by atomic mass is 16.6. The lowest BCUT2D eigenvalue weighted by Gasteiger charge is -2.23. The molecule has 0 bridgehead atoms. The summed E-state index contributed by atoms with van der Waals surface area (Å²) in [5.41, 5.74) is 0. The molecule has 0 aromatic heterocycles. The first kappa shape index (κ1) is 56.0. The zero-order chi connectivity index (χ0) is 42.6. The standard InChI is InChI=1S/C49H98N4O5/c1-7-10-13-16-19-28-35-45-57-47(54)39-31-24-20-26-33-42-53(44-36-41-50-49(51-56-6)52(4)5)43-34-27-21-25-32-40-48(55)58-46(37-29-22-17-14-11-8-2)38-30-23-18-15-12-9-3/h46H,7-45H2,1-6H3,(H,50,51). The predicted octanol–water partition coefficient (Wildman–Crippen LogP) is 13.1. The first-order valence-electron chi connectivity index (χ1n) is 25.0. The highest BCUT2D eigenvalue weighted by Gasteiger charge is 2.15. The molecule has 0 aromatic rings. The number of unbranched alkanes of at least 4 members (excludes halogenated alkanes) is 24. The van der Waals surface area contributed by atoms with Crippen LogP contribution in [0.4, 0.5) is 0 Å². The Morgan fingerprint density at radius 2 is 0.931 bits per heavy atom. The van der Waals surface area contributed by atoms with Gasteiger partial charge in [0.2, 0.25) is 5.96 Å². The lowest BCUT2D eigenvalue weighted by Crippen LogP contribution is -2.38. The molecule has 0 spiro atoms. The summed E-state index contributed by atoms with van der Waals surface area (Å²) in [6.07, 6.45) is 39.5. The monoisotopic (exact) mass is 823 g/mol. The molecular formula is C49H98N4O5. The van der Waals surface area contributed by atoms with Gasteiger partial charge in [0.05, 0.1) is 6.61 Å². The first-order chi connectivity index (χ1) is 28.4. The number of oxime groups is 1. The summed E-state index contributed by atoms with van der Waals surface area (Å²) >= 11 is 0. The normalized spacial score (nSPS) is 11.8. The Kier molecular flexibility index (Phi) is 43.0. The number of carbonyl (C=O) groups excluding carboxylic acids is 2. The van der Waals surface area contributed by atoms with Crippen molar-refractivity contribution >= 4 is 17.9 Å². The van der Waals surface area contributed by atoms with Crippen molar-refractivity contribution in [1.29, 1.82) is 0 Å². The number of guanidine groups is 1. The minimum atomic E-state index is -0.0232. The topological polar surface area (TPSA) is 92.7 Å². The zero-order valence-corrected chi connectivity index (χ0v) is 39.5. The number of rotatable bonds is 44. The molecule has 0 atom stereocenters. The molecule has 0 aliphatic heterocycles. The van der Waals surface area contributed by atoms with E-state index in [0.717, 1.165) is 83.5 Å². The van der Waals surface area contributed by atoms with Gasteiger partial charge in [0.1, 0.15) is 13.2 Å². The third kappa shape index (κ3) is 39.4. The summed E-state index contributed by atoms with van der Waals surface area (Å²) in [6.45, 7) is 11.5. The highest BCUT2D eigenvalue weighted by Crippen LogP contribution is 2.19. The van der Waals surface area contributed by atoms with Crippen LogP contribution in [0.15, 0.2) is 5.16 Å². The number of ether oxygens (including phenoxy) is 2. The molecule has 0 radical (unpaired) electrons. The Morgan fingerprint density at radius 1 is 0.517 bits per heavy atom. The summed E-state index contributed by atoms with van der Waals surface area (Å²) < 4.78 is 11.5. The van der Waals surface area contributed by atoms with Gasteiger partial charge < -0.3 is 29.4 Å². The number of nitrogens with one attached hydrogen (secondary N) is 1. The smallest absolute Gasteiger partial charge is 0.306 e. The van der Waals surface area contributed by atoms with Gasteiger partial charge in [-0.15, -0.1) is 0 Å². The van der Waals surface area contributed by atoms with Gasteiger partial charge in [0, 0.05) is 33.5 Å². The predicted molar refractivity (Wildman–Crippen MR) is 247 cm³/mol. The Balaban J connectivity index is 4.48. The molecule has 0 amide bonds. The molecule has 0 fully saturated rings. The van der Waals surface area contributed by atoms with Crippen LogP contribution in [0.2, 0.25) is 0 Å². The molecule has 0 aliphatic rings. The maximum Gasteiger partial charge on any atom is 0.306 e. The van der Waals surface area contributed by atoms with E-state index < -0.39 is 0 Å². The second-order valence-corrected chi connectivity index (χ2v) is 17.2. The Bertz CT molecular complexity index is 902. The van der Waals surface area contributed by atoms with Crippen molar-refractivity contribution in [2.24, 2.45) is 5.16 Å². The van der Waals surface area contributed by atoms with Crippen LogP contribution in [-0.2, 0) is 23.9 Å². The maximum atomic E-state index is 12.9. The molecule has 0 aliphatic carbocycles. The average molecular weight is 823 g/mol. The molecule has 0 aromatic carbocycles. The summed E-state index contributed by atoms with van der Waals surface area (Å²) in [5, 5.41) is 7.49. The molecule has 1 N–H and O–H groups in total. The molecular weight excluding hydrogens is 725 g/mol. The molecule has 0 saturated heterocycles. The van der Waals surface area contributed by atoms with E-state index in [1.807, 2.05) is 19.0 Å². The third-order valence-corrected chi connectivity index (χ3v) is 11.3. The van der Waals surface area contributed by atoms with E-state index in [2.05, 4.69) is 36.1 Å². The zero-order valence-electron chi connectivity index (χ0n) is 39.5. The molecule has 9 heteroatoms. The lowest BCUT2D eigenvalue weighted by molar-refractivity contribution is -0.150. The molecule has 344 valence electrons. The quantitative estimate of drug-likeness (QED) is 0.0214. The SMILES string of the molecule is CCCCCCCCCOC(=O)CCCCCCCN(CCCCCCCC(=O)OC(CCCCCCCC)CCCCCCCC)CCCN/C(=N/OC)N(C)C. The van der Waals surface area contributed by atoms with Crippen LogP contribution >= 0.6 is 0 Å². The molecule has 9 nitrogen and oxygen atoms in total. The van der Waals surface area contributed by atoms with E-state index in [4.69, 9.17) is 14.3 Å². The second-order valence-electron chi connectivity index (χ2n) is 17.2.